The molecule has 0 atom stereocenters. The van der Waals surface area contributed by atoms with Crippen LogP contribution in [-0.4, -0.2) is 42.7 Å². The summed E-state index contributed by atoms with van der Waals surface area (Å²) in [5.74, 6) is 0.817. The highest BCUT2D eigenvalue weighted by Gasteiger charge is 2.26. The van der Waals surface area contributed by atoms with Crippen LogP contribution in [0.5, 0.6) is 5.75 Å². The van der Waals surface area contributed by atoms with E-state index in [1.807, 2.05) is 25.1 Å². The number of ether oxygens (including phenoxy) is 2. The smallest absolute Gasteiger partial charge is 0.309 e. The molecule has 0 amide bonds. The number of halogens is 1. The summed E-state index contributed by atoms with van der Waals surface area (Å²) in [6.45, 7) is 4.92. The number of benzene rings is 1. The zero-order valence-electron chi connectivity index (χ0n) is 15.0. The fourth-order valence-electron chi connectivity index (χ4n) is 3.17. The first-order valence-corrected chi connectivity index (χ1v) is 10.4. The van der Waals surface area contributed by atoms with E-state index in [1.54, 1.807) is 18.4 Å². The number of hydrogen-bond acceptors (Lipinski definition) is 6. The number of thiazole rings is 1. The number of hydrogen-bond donors (Lipinski definition) is 0. The van der Waals surface area contributed by atoms with E-state index < -0.39 is 0 Å². The molecule has 1 fully saturated rings. The third-order valence-electron chi connectivity index (χ3n) is 4.54. The van der Waals surface area contributed by atoms with E-state index >= 15 is 0 Å². The number of likely N-dealkylation sites (tertiary alicyclic amines) is 1. The molecule has 0 saturated carbocycles. The van der Waals surface area contributed by atoms with E-state index in [0.717, 1.165) is 59.0 Å². The molecule has 0 N–H and O–H groups in total. The molecule has 0 unspecified atom stereocenters. The van der Waals surface area contributed by atoms with Crippen molar-refractivity contribution < 1.29 is 14.3 Å². The average Bonchev–Trinajstić information content (AvgIpc) is 3.11. The lowest BCUT2D eigenvalue weighted by atomic mass is 9.97. The van der Waals surface area contributed by atoms with Crippen molar-refractivity contribution in [1.82, 2.24) is 9.88 Å². The van der Waals surface area contributed by atoms with Crippen LogP contribution in [0.4, 0.5) is 0 Å². The van der Waals surface area contributed by atoms with Gasteiger partial charge >= 0.3 is 5.97 Å². The maximum Gasteiger partial charge on any atom is 0.309 e. The monoisotopic (exact) mass is 438 g/mol. The minimum Gasteiger partial charge on any atom is -0.496 e. The van der Waals surface area contributed by atoms with Crippen LogP contribution in [0.1, 0.15) is 25.5 Å². The standard InChI is InChI=1S/C19H23BrN2O3S/c1-3-25-19(23)13-6-8-22(9-7-13)11-15-12-26-18(21-15)16-10-14(20)4-5-17(16)24-2/h4-5,10,12-13H,3,6-9,11H2,1-2H3. The van der Waals surface area contributed by atoms with Gasteiger partial charge in [-0.2, -0.15) is 0 Å². The first-order chi connectivity index (χ1) is 12.6. The molecule has 1 aliphatic heterocycles. The Morgan fingerprint density at radius 1 is 1.38 bits per heavy atom. The van der Waals surface area contributed by atoms with Crippen molar-refractivity contribution in [2.45, 2.75) is 26.3 Å². The van der Waals surface area contributed by atoms with Crippen LogP contribution >= 0.6 is 27.3 Å². The SMILES string of the molecule is CCOC(=O)C1CCN(Cc2csc(-c3cc(Br)ccc3OC)n2)CC1. The molecule has 2 aromatic rings. The molecule has 1 aromatic heterocycles. The van der Waals surface area contributed by atoms with Crippen molar-refractivity contribution in [2.24, 2.45) is 5.92 Å². The van der Waals surface area contributed by atoms with E-state index in [-0.39, 0.29) is 11.9 Å². The van der Waals surface area contributed by atoms with Gasteiger partial charge in [0.25, 0.3) is 0 Å². The molecule has 26 heavy (non-hydrogen) atoms. The maximum atomic E-state index is 11.8. The van der Waals surface area contributed by atoms with Crippen LogP contribution in [0.25, 0.3) is 10.6 Å². The highest BCUT2D eigenvalue weighted by atomic mass is 79.9. The highest BCUT2D eigenvalue weighted by molar-refractivity contribution is 9.10. The number of piperidine rings is 1. The van der Waals surface area contributed by atoms with E-state index in [9.17, 15) is 4.79 Å². The summed E-state index contributed by atoms with van der Waals surface area (Å²) in [5, 5.41) is 3.06. The molecule has 0 aliphatic carbocycles. The first kappa shape index (κ1) is 19.3. The van der Waals surface area contributed by atoms with Gasteiger partial charge in [-0.15, -0.1) is 11.3 Å². The average molecular weight is 439 g/mol. The number of esters is 1. The molecule has 0 bridgehead atoms. The summed E-state index contributed by atoms with van der Waals surface area (Å²) in [5.41, 5.74) is 2.06. The van der Waals surface area contributed by atoms with Gasteiger partial charge in [-0.05, 0) is 51.1 Å². The second-order valence-electron chi connectivity index (χ2n) is 6.29. The van der Waals surface area contributed by atoms with Gasteiger partial charge in [-0.3, -0.25) is 9.69 Å². The number of aromatic nitrogens is 1. The van der Waals surface area contributed by atoms with Crippen LogP contribution in [0, 0.1) is 5.92 Å². The largest absolute Gasteiger partial charge is 0.496 e. The van der Waals surface area contributed by atoms with Gasteiger partial charge < -0.3 is 9.47 Å². The second-order valence-corrected chi connectivity index (χ2v) is 8.06. The number of carbonyl (C=O) groups is 1. The Labute approximate surface area is 166 Å². The van der Waals surface area contributed by atoms with E-state index in [0.29, 0.717) is 6.61 Å². The predicted molar refractivity (Wildman–Crippen MR) is 106 cm³/mol. The summed E-state index contributed by atoms with van der Waals surface area (Å²) in [6.07, 6.45) is 1.71. The molecule has 3 rings (SSSR count). The Morgan fingerprint density at radius 2 is 2.15 bits per heavy atom. The van der Waals surface area contributed by atoms with Crippen molar-refractivity contribution in [3.8, 4) is 16.3 Å². The molecule has 140 valence electrons. The van der Waals surface area contributed by atoms with Crippen molar-refractivity contribution in [3.63, 3.8) is 0 Å². The van der Waals surface area contributed by atoms with Crippen molar-refractivity contribution in [2.75, 3.05) is 26.8 Å². The van der Waals surface area contributed by atoms with Gasteiger partial charge in [0, 0.05) is 16.4 Å². The fourth-order valence-corrected chi connectivity index (χ4v) is 4.36. The summed E-state index contributed by atoms with van der Waals surface area (Å²) >= 11 is 5.14. The zero-order chi connectivity index (χ0) is 18.5. The van der Waals surface area contributed by atoms with Crippen LogP contribution in [0.15, 0.2) is 28.1 Å². The van der Waals surface area contributed by atoms with Crippen molar-refractivity contribution in [1.29, 1.82) is 0 Å². The van der Waals surface area contributed by atoms with Gasteiger partial charge in [0.2, 0.25) is 0 Å². The van der Waals surface area contributed by atoms with Crippen molar-refractivity contribution >= 4 is 33.2 Å². The van der Waals surface area contributed by atoms with Gasteiger partial charge in [-0.1, -0.05) is 15.9 Å². The molecule has 5 nitrogen and oxygen atoms in total. The quantitative estimate of drug-likeness (QED) is 0.627. The summed E-state index contributed by atoms with van der Waals surface area (Å²) in [7, 11) is 1.68. The Bertz CT molecular complexity index is 757. The summed E-state index contributed by atoms with van der Waals surface area (Å²) < 4.78 is 11.6. The van der Waals surface area contributed by atoms with Crippen LogP contribution in [0.2, 0.25) is 0 Å². The molecule has 0 spiro atoms. The molecular weight excluding hydrogens is 416 g/mol. The Hall–Kier alpha value is -1.44. The van der Waals surface area contributed by atoms with Crippen molar-refractivity contribution in [3.05, 3.63) is 33.7 Å². The molecule has 1 aromatic carbocycles. The molecule has 0 radical (unpaired) electrons. The van der Waals surface area contributed by atoms with Gasteiger partial charge in [0.05, 0.1) is 30.9 Å². The summed E-state index contributed by atoms with van der Waals surface area (Å²) in [4.78, 5) is 19.0. The third-order valence-corrected chi connectivity index (χ3v) is 5.95. The number of carbonyl (C=O) groups excluding carboxylic acids is 1. The van der Waals surface area contributed by atoms with Gasteiger partial charge in [-0.25, -0.2) is 4.98 Å². The van der Waals surface area contributed by atoms with Crippen LogP contribution < -0.4 is 4.74 Å². The Balaban J connectivity index is 1.62. The lowest BCUT2D eigenvalue weighted by Gasteiger charge is -2.30. The second kappa shape index (κ2) is 8.97. The first-order valence-electron chi connectivity index (χ1n) is 8.78. The fraction of sp³-hybridized carbons (Fsp3) is 0.474. The van der Waals surface area contributed by atoms with Gasteiger partial charge in [0.1, 0.15) is 10.8 Å². The van der Waals surface area contributed by atoms with Crippen LogP contribution in [0.3, 0.4) is 0 Å². The van der Waals surface area contributed by atoms with Gasteiger partial charge in [0.15, 0.2) is 0 Å². The maximum absolute atomic E-state index is 11.8. The predicted octanol–water partition coefficient (Wildman–Crippen LogP) is 4.36. The molecular formula is C19H23BrN2O3S. The van der Waals surface area contributed by atoms with E-state index in [1.165, 1.54) is 0 Å². The zero-order valence-corrected chi connectivity index (χ0v) is 17.4. The minimum atomic E-state index is -0.0511. The number of rotatable bonds is 6. The lowest BCUT2D eigenvalue weighted by molar-refractivity contribution is -0.149. The molecule has 2 heterocycles. The minimum absolute atomic E-state index is 0.0446. The topological polar surface area (TPSA) is 51.7 Å². The molecule has 7 heteroatoms. The number of nitrogens with zero attached hydrogens (tertiary/aromatic N) is 2. The molecule has 1 saturated heterocycles. The van der Waals surface area contributed by atoms with E-state index in [2.05, 4.69) is 26.2 Å². The Kier molecular flexibility index (Phi) is 6.67. The highest BCUT2D eigenvalue weighted by Crippen LogP contribution is 2.34. The van der Waals surface area contributed by atoms with Crippen LogP contribution in [-0.2, 0) is 16.1 Å². The normalized spacial score (nSPS) is 15.8. The summed E-state index contributed by atoms with van der Waals surface area (Å²) in [6, 6.07) is 5.94. The molecule has 1 aliphatic rings. The lowest BCUT2D eigenvalue weighted by Crippen LogP contribution is -2.36. The number of methoxy groups -OCH3 is 1. The van der Waals surface area contributed by atoms with E-state index in [4.69, 9.17) is 14.5 Å². The third kappa shape index (κ3) is 4.64. The Morgan fingerprint density at radius 3 is 2.85 bits per heavy atom.